The molecular weight excluding hydrogens is 308 g/mol. The van der Waals surface area contributed by atoms with Gasteiger partial charge in [-0.2, -0.15) is 0 Å². The molecule has 3 aliphatic rings. The summed E-state index contributed by atoms with van der Waals surface area (Å²) in [6.45, 7) is 1.29. The molecule has 4 rings (SSSR count). The molecule has 1 atom stereocenters. The Morgan fingerprint density at radius 3 is 2.71 bits per heavy atom. The van der Waals surface area contributed by atoms with E-state index < -0.39 is 17.7 Å². The highest BCUT2D eigenvalue weighted by molar-refractivity contribution is 5.93. The van der Waals surface area contributed by atoms with Crippen molar-refractivity contribution in [1.29, 1.82) is 0 Å². The molecule has 2 aliphatic heterocycles. The molecule has 0 aromatic heterocycles. The number of carboxylic acids is 1. The standard InChI is InChI=1S/C18H22N2O4/c21-16(22)15-11-19(12-18(24-15)8-4-9-18)17(23)20-10-3-6-13-5-1-2-7-14(13)20/h1-2,5,7,15H,3-4,6,8-12H2,(H,21,22). The van der Waals surface area contributed by atoms with Crippen molar-refractivity contribution in [2.24, 2.45) is 0 Å². The van der Waals surface area contributed by atoms with Crippen molar-refractivity contribution in [1.82, 2.24) is 4.90 Å². The van der Waals surface area contributed by atoms with Gasteiger partial charge in [-0.15, -0.1) is 0 Å². The third-order valence-corrected chi connectivity index (χ3v) is 5.41. The lowest BCUT2D eigenvalue weighted by Gasteiger charge is -2.51. The number of morpholine rings is 1. The number of carboxylic acid groups (broad SMARTS) is 1. The average Bonchev–Trinajstić information content (AvgIpc) is 2.58. The minimum Gasteiger partial charge on any atom is -0.479 e. The van der Waals surface area contributed by atoms with Crippen LogP contribution in [0, 0.1) is 0 Å². The number of anilines is 1. The first-order valence-corrected chi connectivity index (χ1v) is 8.63. The molecule has 24 heavy (non-hydrogen) atoms. The van der Waals surface area contributed by atoms with Gasteiger partial charge in [-0.3, -0.25) is 4.90 Å². The number of aliphatic carboxylic acids is 1. The van der Waals surface area contributed by atoms with Crippen LogP contribution in [-0.2, 0) is 16.0 Å². The number of nitrogens with zero attached hydrogens (tertiary/aromatic N) is 2. The maximum Gasteiger partial charge on any atom is 0.334 e. The smallest absolute Gasteiger partial charge is 0.334 e. The van der Waals surface area contributed by atoms with Crippen molar-refractivity contribution in [3.05, 3.63) is 29.8 Å². The Bertz CT molecular complexity index is 671. The highest BCUT2D eigenvalue weighted by atomic mass is 16.5. The molecular formula is C18H22N2O4. The maximum atomic E-state index is 13.1. The third kappa shape index (κ3) is 2.55. The number of para-hydroxylation sites is 1. The number of urea groups is 1. The summed E-state index contributed by atoms with van der Waals surface area (Å²) < 4.78 is 5.80. The number of carbonyl (C=O) groups is 2. The molecule has 0 bridgehead atoms. The van der Waals surface area contributed by atoms with Gasteiger partial charge in [0.2, 0.25) is 0 Å². The number of ether oxygens (including phenoxy) is 1. The summed E-state index contributed by atoms with van der Waals surface area (Å²) in [4.78, 5) is 28.0. The lowest BCUT2D eigenvalue weighted by molar-refractivity contribution is -0.199. The Morgan fingerprint density at radius 2 is 2.00 bits per heavy atom. The monoisotopic (exact) mass is 330 g/mol. The number of carbonyl (C=O) groups excluding carboxylic acids is 1. The Labute approximate surface area is 141 Å². The molecule has 6 nitrogen and oxygen atoms in total. The van der Waals surface area contributed by atoms with E-state index in [4.69, 9.17) is 4.74 Å². The van der Waals surface area contributed by atoms with Crippen LogP contribution in [0.2, 0.25) is 0 Å². The van der Waals surface area contributed by atoms with Crippen LogP contribution < -0.4 is 4.90 Å². The average molecular weight is 330 g/mol. The summed E-state index contributed by atoms with van der Waals surface area (Å²) >= 11 is 0. The summed E-state index contributed by atoms with van der Waals surface area (Å²) in [7, 11) is 0. The van der Waals surface area contributed by atoms with Gasteiger partial charge in [0.1, 0.15) is 0 Å². The van der Waals surface area contributed by atoms with Crippen LogP contribution in [0.15, 0.2) is 24.3 Å². The molecule has 2 fully saturated rings. The Morgan fingerprint density at radius 1 is 1.21 bits per heavy atom. The van der Waals surface area contributed by atoms with Gasteiger partial charge in [-0.05, 0) is 43.7 Å². The molecule has 2 heterocycles. The summed E-state index contributed by atoms with van der Waals surface area (Å²) in [5, 5.41) is 9.38. The van der Waals surface area contributed by atoms with E-state index in [0.717, 1.165) is 37.8 Å². The molecule has 1 saturated heterocycles. The fraction of sp³-hybridized carbons (Fsp3) is 0.556. The second kappa shape index (κ2) is 5.77. The third-order valence-electron chi connectivity index (χ3n) is 5.41. The van der Waals surface area contributed by atoms with Crippen molar-refractivity contribution in [2.45, 2.75) is 43.8 Å². The van der Waals surface area contributed by atoms with Gasteiger partial charge in [-0.25, -0.2) is 9.59 Å². The Hall–Kier alpha value is -2.08. The fourth-order valence-electron chi connectivity index (χ4n) is 4.01. The van der Waals surface area contributed by atoms with Gasteiger partial charge in [-0.1, -0.05) is 18.2 Å². The van der Waals surface area contributed by atoms with Crippen LogP contribution in [0.25, 0.3) is 0 Å². The predicted octanol–water partition coefficient (Wildman–Crippen LogP) is 2.27. The van der Waals surface area contributed by atoms with Crippen molar-refractivity contribution >= 4 is 17.7 Å². The van der Waals surface area contributed by atoms with Crippen LogP contribution in [0.3, 0.4) is 0 Å². The molecule has 1 unspecified atom stereocenters. The zero-order valence-electron chi connectivity index (χ0n) is 13.6. The van der Waals surface area contributed by atoms with Crippen LogP contribution in [0.4, 0.5) is 10.5 Å². The van der Waals surface area contributed by atoms with Crippen LogP contribution in [0.1, 0.15) is 31.2 Å². The maximum absolute atomic E-state index is 13.1. The first-order valence-electron chi connectivity index (χ1n) is 8.63. The number of aryl methyl sites for hydroxylation is 1. The van der Waals surface area contributed by atoms with Gasteiger partial charge >= 0.3 is 12.0 Å². The van der Waals surface area contributed by atoms with E-state index in [1.807, 2.05) is 18.2 Å². The number of hydrogen-bond donors (Lipinski definition) is 1. The van der Waals surface area contributed by atoms with E-state index in [9.17, 15) is 14.7 Å². The topological polar surface area (TPSA) is 70.1 Å². The first kappa shape index (κ1) is 15.4. The molecule has 128 valence electrons. The van der Waals surface area contributed by atoms with E-state index >= 15 is 0 Å². The molecule has 1 spiro atoms. The van der Waals surface area contributed by atoms with Crippen LogP contribution in [0.5, 0.6) is 0 Å². The highest BCUT2D eigenvalue weighted by Gasteiger charge is 2.49. The zero-order chi connectivity index (χ0) is 16.7. The van der Waals surface area contributed by atoms with Crippen LogP contribution >= 0.6 is 0 Å². The highest BCUT2D eigenvalue weighted by Crippen LogP contribution is 2.40. The predicted molar refractivity (Wildman–Crippen MR) is 88.2 cm³/mol. The second-order valence-electron chi connectivity index (χ2n) is 7.03. The summed E-state index contributed by atoms with van der Waals surface area (Å²) in [6.07, 6.45) is 3.67. The van der Waals surface area contributed by atoms with Gasteiger partial charge in [0.15, 0.2) is 6.10 Å². The number of fused-ring (bicyclic) bond motifs is 1. The van der Waals surface area contributed by atoms with Crippen LogP contribution in [-0.4, -0.2) is 53.3 Å². The lowest BCUT2D eigenvalue weighted by Crippen LogP contribution is -2.63. The fourth-order valence-corrected chi connectivity index (χ4v) is 4.01. The van der Waals surface area contributed by atoms with Crippen molar-refractivity contribution in [3.8, 4) is 0 Å². The molecule has 1 aliphatic carbocycles. The van der Waals surface area contributed by atoms with Crippen molar-refractivity contribution < 1.29 is 19.4 Å². The number of hydrogen-bond acceptors (Lipinski definition) is 3. The summed E-state index contributed by atoms with van der Waals surface area (Å²) in [5.41, 5.74) is 1.68. The first-order chi connectivity index (χ1) is 11.6. The summed E-state index contributed by atoms with van der Waals surface area (Å²) in [6, 6.07) is 7.87. The molecule has 2 amide bonds. The largest absolute Gasteiger partial charge is 0.479 e. The molecule has 6 heteroatoms. The zero-order valence-corrected chi connectivity index (χ0v) is 13.6. The number of amides is 2. The van der Waals surface area contributed by atoms with E-state index in [2.05, 4.69) is 6.07 Å². The summed E-state index contributed by atoms with van der Waals surface area (Å²) in [5.74, 6) is -0.988. The number of benzene rings is 1. The van der Waals surface area contributed by atoms with E-state index in [1.165, 1.54) is 5.56 Å². The lowest BCUT2D eigenvalue weighted by atomic mass is 9.78. The molecule has 1 aromatic carbocycles. The molecule has 1 aromatic rings. The second-order valence-corrected chi connectivity index (χ2v) is 7.03. The SMILES string of the molecule is O=C(O)C1CN(C(=O)N2CCCc3ccccc32)CC2(CCC2)O1. The minimum absolute atomic E-state index is 0.0945. The van der Waals surface area contributed by atoms with E-state index in [-0.39, 0.29) is 12.6 Å². The molecule has 1 N–H and O–H groups in total. The van der Waals surface area contributed by atoms with Gasteiger partial charge in [0, 0.05) is 12.2 Å². The normalized spacial score (nSPS) is 25.1. The Kier molecular flexibility index (Phi) is 3.72. The van der Waals surface area contributed by atoms with E-state index in [0.29, 0.717) is 13.1 Å². The van der Waals surface area contributed by atoms with Gasteiger partial charge in [0.25, 0.3) is 0 Å². The minimum atomic E-state index is -0.988. The van der Waals surface area contributed by atoms with Gasteiger partial charge < -0.3 is 14.7 Å². The Balaban J connectivity index is 1.59. The quantitative estimate of drug-likeness (QED) is 0.857. The molecule has 0 radical (unpaired) electrons. The van der Waals surface area contributed by atoms with Crippen molar-refractivity contribution in [3.63, 3.8) is 0 Å². The van der Waals surface area contributed by atoms with Gasteiger partial charge in [0.05, 0.1) is 18.7 Å². The van der Waals surface area contributed by atoms with E-state index in [1.54, 1.807) is 9.80 Å². The molecule has 1 saturated carbocycles. The van der Waals surface area contributed by atoms with Crippen molar-refractivity contribution in [2.75, 3.05) is 24.5 Å². The number of rotatable bonds is 1.